The van der Waals surface area contributed by atoms with E-state index >= 15 is 0 Å². The van der Waals surface area contributed by atoms with E-state index in [0.29, 0.717) is 21.9 Å². The molecule has 2 rings (SSSR count). The molecule has 0 saturated carbocycles. The summed E-state index contributed by atoms with van der Waals surface area (Å²) in [4.78, 5) is 0. The molecule has 0 aliphatic carbocycles. The van der Waals surface area contributed by atoms with Gasteiger partial charge in [0.15, 0.2) is 0 Å². The topological polar surface area (TPSA) is 12.0 Å². The van der Waals surface area contributed by atoms with Gasteiger partial charge in [-0.1, -0.05) is 67.4 Å². The number of nitrogens with one attached hydrogen (secondary N) is 1. The van der Waals surface area contributed by atoms with E-state index in [1.54, 1.807) is 0 Å². The fraction of sp³-hybridized carbons (Fsp3) is 0.294. The lowest BCUT2D eigenvalue weighted by Crippen LogP contribution is -2.18. The molecule has 1 nitrogen and oxygen atoms in total. The van der Waals surface area contributed by atoms with Crippen LogP contribution in [0.2, 0.25) is 10.0 Å². The fourth-order valence-electron chi connectivity index (χ4n) is 2.32. The smallest absolute Gasteiger partial charge is 0.0835 e. The molecule has 2 aromatic carbocycles. The van der Waals surface area contributed by atoms with Gasteiger partial charge in [-0.25, -0.2) is 0 Å². The van der Waals surface area contributed by atoms with Crippen molar-refractivity contribution in [3.05, 3.63) is 62.5 Å². The molecule has 1 N–H and O–H groups in total. The van der Waals surface area contributed by atoms with Crippen LogP contribution in [0, 0.1) is 5.92 Å². The molecule has 21 heavy (non-hydrogen) atoms. The molecule has 0 bridgehead atoms. The Bertz CT molecular complexity index is 599. The highest BCUT2D eigenvalue weighted by Gasteiger charge is 2.16. The van der Waals surface area contributed by atoms with Crippen molar-refractivity contribution in [2.24, 2.45) is 5.92 Å². The molecule has 1 unspecified atom stereocenters. The first-order valence-electron chi connectivity index (χ1n) is 6.93. The van der Waals surface area contributed by atoms with Gasteiger partial charge >= 0.3 is 0 Å². The van der Waals surface area contributed by atoms with E-state index in [9.17, 15) is 0 Å². The average molecular weight is 387 g/mol. The van der Waals surface area contributed by atoms with E-state index in [0.717, 1.165) is 16.7 Å². The monoisotopic (exact) mass is 385 g/mol. The Morgan fingerprint density at radius 2 is 1.67 bits per heavy atom. The highest BCUT2D eigenvalue weighted by Crippen LogP contribution is 2.36. The molecule has 4 heteroatoms. The molecule has 0 aliphatic heterocycles. The van der Waals surface area contributed by atoms with Gasteiger partial charge in [0.1, 0.15) is 0 Å². The Balaban J connectivity index is 2.15. The molecule has 112 valence electrons. The van der Waals surface area contributed by atoms with E-state index in [1.165, 1.54) is 5.56 Å². The zero-order chi connectivity index (χ0) is 15.4. The number of halogens is 3. The Morgan fingerprint density at radius 1 is 1.00 bits per heavy atom. The van der Waals surface area contributed by atoms with E-state index in [1.807, 2.05) is 18.2 Å². The first-order chi connectivity index (χ1) is 10.0. The Hall–Kier alpha value is -0.700. The third kappa shape index (κ3) is 4.15. The predicted molar refractivity (Wildman–Crippen MR) is 96.7 cm³/mol. The van der Waals surface area contributed by atoms with Crippen LogP contribution in [0.1, 0.15) is 25.3 Å². The lowest BCUT2D eigenvalue weighted by atomic mass is 9.88. The van der Waals surface area contributed by atoms with Crippen LogP contribution < -0.4 is 5.32 Å². The predicted octanol–water partition coefficient (Wildman–Crippen LogP) is 6.61. The summed E-state index contributed by atoms with van der Waals surface area (Å²) in [6.45, 7) is 5.28. The zero-order valence-electron chi connectivity index (χ0n) is 12.0. The van der Waals surface area contributed by atoms with Crippen molar-refractivity contribution in [1.82, 2.24) is 0 Å². The number of hydrogen-bond donors (Lipinski definition) is 1. The van der Waals surface area contributed by atoms with Crippen molar-refractivity contribution in [2.45, 2.75) is 19.8 Å². The quantitative estimate of drug-likeness (QED) is 0.570. The van der Waals surface area contributed by atoms with Gasteiger partial charge in [0.2, 0.25) is 0 Å². The largest absolute Gasteiger partial charge is 0.383 e. The molecule has 0 amide bonds. The van der Waals surface area contributed by atoms with E-state index in [4.69, 9.17) is 23.2 Å². The van der Waals surface area contributed by atoms with Gasteiger partial charge in [-0.3, -0.25) is 0 Å². The Labute approximate surface area is 144 Å². The van der Waals surface area contributed by atoms with Gasteiger partial charge in [0.05, 0.1) is 15.7 Å². The van der Waals surface area contributed by atoms with Crippen LogP contribution in [0.25, 0.3) is 0 Å². The summed E-state index contributed by atoms with van der Waals surface area (Å²) in [5.41, 5.74) is 2.20. The van der Waals surface area contributed by atoms with Crippen LogP contribution in [0.5, 0.6) is 0 Å². The maximum Gasteiger partial charge on any atom is 0.0835 e. The SMILES string of the molecule is CC(C)C(CNc1ccc(Br)c(Cl)c1Cl)c1ccccc1. The number of benzene rings is 2. The average Bonchev–Trinajstić information content (AvgIpc) is 2.48. The van der Waals surface area contributed by atoms with Gasteiger partial charge < -0.3 is 5.32 Å². The van der Waals surface area contributed by atoms with Crippen molar-refractivity contribution in [1.29, 1.82) is 0 Å². The third-order valence-corrected chi connectivity index (χ3v) is 5.35. The maximum atomic E-state index is 6.28. The Kier molecular flexibility index (Phi) is 5.98. The van der Waals surface area contributed by atoms with Crippen LogP contribution in [-0.4, -0.2) is 6.54 Å². The van der Waals surface area contributed by atoms with E-state index in [-0.39, 0.29) is 0 Å². The first kappa shape index (κ1) is 16.7. The summed E-state index contributed by atoms with van der Waals surface area (Å²) in [6, 6.07) is 14.4. The van der Waals surface area contributed by atoms with Gasteiger partial charge in [0, 0.05) is 16.9 Å². The van der Waals surface area contributed by atoms with Crippen molar-refractivity contribution >= 4 is 44.8 Å². The minimum absolute atomic E-state index is 0.421. The zero-order valence-corrected chi connectivity index (χ0v) is 15.1. The fourth-order valence-corrected chi connectivity index (χ4v) is 3.16. The molecule has 1 atom stereocenters. The minimum atomic E-state index is 0.421. The van der Waals surface area contributed by atoms with Crippen molar-refractivity contribution in [3.8, 4) is 0 Å². The van der Waals surface area contributed by atoms with Crippen LogP contribution in [-0.2, 0) is 0 Å². The minimum Gasteiger partial charge on any atom is -0.383 e. The molecule has 0 aromatic heterocycles. The molecule has 0 fully saturated rings. The number of hydrogen-bond acceptors (Lipinski definition) is 1. The maximum absolute atomic E-state index is 6.28. The second-order valence-corrected chi connectivity index (χ2v) is 6.98. The molecule has 0 spiro atoms. The standard InChI is InChI=1S/C17H18BrCl2N/c1-11(2)13(12-6-4-3-5-7-12)10-21-15-9-8-14(18)16(19)17(15)20/h3-9,11,13,21H,10H2,1-2H3. The van der Waals surface area contributed by atoms with Crippen molar-refractivity contribution in [3.63, 3.8) is 0 Å². The van der Waals surface area contributed by atoms with Gasteiger partial charge in [0.25, 0.3) is 0 Å². The number of rotatable bonds is 5. The molecule has 0 heterocycles. The van der Waals surface area contributed by atoms with Gasteiger partial charge in [-0.2, -0.15) is 0 Å². The first-order valence-corrected chi connectivity index (χ1v) is 8.48. The van der Waals surface area contributed by atoms with Crippen LogP contribution in [0.15, 0.2) is 46.9 Å². The molecule has 2 aromatic rings. The summed E-state index contributed by atoms with van der Waals surface area (Å²) < 4.78 is 0.809. The van der Waals surface area contributed by atoms with E-state index in [2.05, 4.69) is 59.4 Å². The second kappa shape index (κ2) is 7.53. The van der Waals surface area contributed by atoms with Crippen LogP contribution in [0.3, 0.4) is 0 Å². The molecular weight excluding hydrogens is 369 g/mol. The van der Waals surface area contributed by atoms with E-state index < -0.39 is 0 Å². The van der Waals surface area contributed by atoms with Crippen LogP contribution >= 0.6 is 39.1 Å². The van der Waals surface area contributed by atoms with Crippen LogP contribution in [0.4, 0.5) is 5.69 Å². The molecule has 0 aliphatic rings. The highest BCUT2D eigenvalue weighted by molar-refractivity contribution is 9.10. The van der Waals surface area contributed by atoms with Gasteiger partial charge in [-0.15, -0.1) is 0 Å². The summed E-state index contributed by atoms with van der Waals surface area (Å²) in [6.07, 6.45) is 0. The summed E-state index contributed by atoms with van der Waals surface area (Å²) >= 11 is 15.8. The summed E-state index contributed by atoms with van der Waals surface area (Å²) in [5, 5.41) is 4.52. The van der Waals surface area contributed by atoms with Gasteiger partial charge in [-0.05, 0) is 39.5 Å². The van der Waals surface area contributed by atoms with Crippen molar-refractivity contribution < 1.29 is 0 Å². The Morgan fingerprint density at radius 3 is 2.29 bits per heavy atom. The lowest BCUT2D eigenvalue weighted by molar-refractivity contribution is 0.517. The summed E-state index contributed by atoms with van der Waals surface area (Å²) in [7, 11) is 0. The molecular formula is C17H18BrCl2N. The third-order valence-electron chi connectivity index (χ3n) is 3.58. The lowest BCUT2D eigenvalue weighted by Gasteiger charge is -2.23. The highest BCUT2D eigenvalue weighted by atomic mass is 79.9. The van der Waals surface area contributed by atoms with Crippen molar-refractivity contribution in [2.75, 3.05) is 11.9 Å². The second-order valence-electron chi connectivity index (χ2n) is 5.37. The summed E-state index contributed by atoms with van der Waals surface area (Å²) in [5.74, 6) is 0.953. The number of anilines is 1. The normalized spacial score (nSPS) is 12.5. The molecule has 0 saturated heterocycles. The molecule has 0 radical (unpaired) electrons.